The number of hydrogen-bond acceptors (Lipinski definition) is 14. The van der Waals surface area contributed by atoms with Crippen molar-refractivity contribution in [3.05, 3.63) is 35.4 Å². The number of fused-ring (bicyclic) bond motifs is 2. The van der Waals surface area contributed by atoms with Crippen LogP contribution in [0.1, 0.15) is 28.3 Å². The zero-order valence-corrected chi connectivity index (χ0v) is 21.4. The second-order valence-corrected chi connectivity index (χ2v) is 9.38. The van der Waals surface area contributed by atoms with E-state index in [0.29, 0.717) is 22.8 Å². The zero-order valence-electron chi connectivity index (χ0n) is 21.4. The van der Waals surface area contributed by atoms with E-state index in [1.54, 1.807) is 12.1 Å². The Balaban J connectivity index is 1.33. The van der Waals surface area contributed by atoms with Gasteiger partial charge in [0.2, 0.25) is 13.1 Å². The molecule has 0 aliphatic carbocycles. The Kier molecular flexibility index (Phi) is 7.77. The fourth-order valence-corrected chi connectivity index (χ4v) is 4.68. The Morgan fingerprint density at radius 1 is 0.976 bits per heavy atom. The van der Waals surface area contributed by atoms with Crippen LogP contribution >= 0.6 is 0 Å². The summed E-state index contributed by atoms with van der Waals surface area (Å²) in [6, 6.07) is 5.56. The van der Waals surface area contributed by atoms with E-state index >= 15 is 0 Å². The van der Waals surface area contributed by atoms with Crippen molar-refractivity contribution >= 4 is 17.7 Å². The number of carbonyl (C=O) groups is 3. The first-order valence-corrected chi connectivity index (χ1v) is 12.3. The molecule has 0 saturated carbocycles. The number of carboxylic acids is 1. The summed E-state index contributed by atoms with van der Waals surface area (Å²) in [6.07, 6.45) is -9.22. The highest BCUT2D eigenvalue weighted by Crippen LogP contribution is 2.46. The molecule has 220 valence electrons. The van der Waals surface area contributed by atoms with Crippen molar-refractivity contribution in [2.45, 2.75) is 43.0 Å². The van der Waals surface area contributed by atoms with Crippen LogP contribution in [0.25, 0.3) is 0 Å². The number of Topliss-reactive ketones (excluding diaryl/α,β-unsaturated/α-hetero) is 1. The number of rotatable bonds is 8. The second kappa shape index (κ2) is 11.3. The lowest BCUT2D eigenvalue weighted by Crippen LogP contribution is -2.60. The van der Waals surface area contributed by atoms with Crippen LogP contribution in [-0.4, -0.2) is 101 Å². The van der Waals surface area contributed by atoms with E-state index in [9.17, 15) is 34.8 Å². The van der Waals surface area contributed by atoms with E-state index in [2.05, 4.69) is 0 Å². The highest BCUT2D eigenvalue weighted by molar-refractivity contribution is 6.07. The Labute approximate surface area is 231 Å². The number of carbonyl (C=O) groups excluding carboxylic acids is 2. The largest absolute Gasteiger partial charge is 0.507 e. The first-order valence-electron chi connectivity index (χ1n) is 12.3. The molecule has 2 aromatic carbocycles. The van der Waals surface area contributed by atoms with Crippen LogP contribution in [0.3, 0.4) is 0 Å². The van der Waals surface area contributed by atoms with Crippen molar-refractivity contribution < 1.29 is 73.1 Å². The molecule has 0 radical (unpaired) electrons. The summed E-state index contributed by atoms with van der Waals surface area (Å²) in [5, 5.41) is 50.3. The van der Waals surface area contributed by atoms with Gasteiger partial charge >= 0.3 is 11.9 Å². The molecule has 2 aromatic rings. The SMILES string of the molecule is COc1cc2c(cc1C1COc3cc(O[C@@H]4O[C@H](COC(=O)CC(=O)O)[C@@H](O)[C@H](O)[C@H]4O)cc(O)c3C1=O)OCO2. The fourth-order valence-electron chi connectivity index (χ4n) is 4.68. The first-order chi connectivity index (χ1) is 19.6. The van der Waals surface area contributed by atoms with Gasteiger partial charge in [0, 0.05) is 23.8 Å². The predicted molar refractivity (Wildman–Crippen MR) is 130 cm³/mol. The van der Waals surface area contributed by atoms with Gasteiger partial charge in [0.25, 0.3) is 0 Å². The van der Waals surface area contributed by atoms with Crippen LogP contribution in [0.4, 0.5) is 0 Å². The molecule has 41 heavy (non-hydrogen) atoms. The van der Waals surface area contributed by atoms with Crippen molar-refractivity contribution in [3.63, 3.8) is 0 Å². The number of esters is 1. The molecule has 15 heteroatoms. The minimum absolute atomic E-state index is 0.0222. The average molecular weight is 578 g/mol. The standard InChI is InChI=1S/C26H26O15/c1-35-14-5-16-15(38-9-39-16)4-11(14)12-7-36-17-3-10(2-13(27)21(17)22(12)31)40-26-25(34)24(33)23(32)18(41-26)8-37-20(30)6-19(28)29/h2-5,12,18,23-27,32-34H,6-9H2,1H3,(H,28,29)/t12?,18-,23-,24+,25-,26-/m1/s1. The number of aliphatic hydroxyl groups is 3. The van der Waals surface area contributed by atoms with Gasteiger partial charge in [-0.05, 0) is 6.07 Å². The summed E-state index contributed by atoms with van der Waals surface area (Å²) in [5.74, 6) is -3.24. The number of aliphatic hydroxyl groups excluding tert-OH is 3. The highest BCUT2D eigenvalue weighted by Gasteiger charge is 2.46. The first kappa shape index (κ1) is 28.2. The third-order valence-corrected chi connectivity index (χ3v) is 6.75. The highest BCUT2D eigenvalue weighted by atomic mass is 16.7. The van der Waals surface area contributed by atoms with Gasteiger partial charge in [0.15, 0.2) is 17.3 Å². The van der Waals surface area contributed by atoms with Crippen LogP contribution < -0.4 is 23.7 Å². The molecule has 3 aliphatic rings. The molecule has 0 bridgehead atoms. The summed E-state index contributed by atoms with van der Waals surface area (Å²) in [6.45, 7) is -0.744. The average Bonchev–Trinajstić information content (AvgIpc) is 3.39. The van der Waals surface area contributed by atoms with Gasteiger partial charge in [-0.25, -0.2) is 0 Å². The Hall–Kier alpha value is -4.31. The number of phenols is 1. The molecule has 1 unspecified atom stereocenters. The van der Waals surface area contributed by atoms with E-state index in [0.717, 1.165) is 6.07 Å². The van der Waals surface area contributed by atoms with Crippen molar-refractivity contribution in [3.8, 4) is 34.5 Å². The second-order valence-electron chi connectivity index (χ2n) is 9.38. The van der Waals surface area contributed by atoms with Gasteiger partial charge in [-0.3, -0.25) is 14.4 Å². The van der Waals surface area contributed by atoms with Gasteiger partial charge in [-0.15, -0.1) is 0 Å². The van der Waals surface area contributed by atoms with Gasteiger partial charge in [0.05, 0.1) is 13.0 Å². The van der Waals surface area contributed by atoms with E-state index in [1.807, 2.05) is 0 Å². The molecule has 6 atom stereocenters. The molecule has 5 N–H and O–H groups in total. The summed E-state index contributed by atoms with van der Waals surface area (Å²) >= 11 is 0. The predicted octanol–water partition coefficient (Wildman–Crippen LogP) is -0.307. The number of ketones is 1. The minimum Gasteiger partial charge on any atom is -0.507 e. The molecular formula is C26H26O15. The smallest absolute Gasteiger partial charge is 0.317 e. The molecule has 0 aromatic heterocycles. The van der Waals surface area contributed by atoms with Gasteiger partial charge < -0.3 is 58.7 Å². The molecule has 1 fully saturated rings. The maximum absolute atomic E-state index is 13.5. The summed E-state index contributed by atoms with van der Waals surface area (Å²) in [4.78, 5) is 35.7. The molecule has 15 nitrogen and oxygen atoms in total. The number of phenolic OH excluding ortho intramolecular Hbond substituents is 1. The van der Waals surface area contributed by atoms with E-state index < -0.39 is 73.1 Å². The van der Waals surface area contributed by atoms with Crippen LogP contribution in [0.2, 0.25) is 0 Å². The van der Waals surface area contributed by atoms with Crippen LogP contribution in [0, 0.1) is 0 Å². The topological polar surface area (TPSA) is 217 Å². The number of aromatic hydroxyl groups is 1. The number of methoxy groups -OCH3 is 1. The number of aliphatic carboxylic acids is 1. The van der Waals surface area contributed by atoms with Crippen LogP contribution in [-0.2, 0) is 19.1 Å². The summed E-state index contributed by atoms with van der Waals surface area (Å²) in [5.41, 5.74) is 0.339. The summed E-state index contributed by atoms with van der Waals surface area (Å²) in [7, 11) is 1.44. The van der Waals surface area contributed by atoms with Crippen molar-refractivity contribution in [1.29, 1.82) is 0 Å². The quantitative estimate of drug-likeness (QED) is 0.201. The summed E-state index contributed by atoms with van der Waals surface area (Å²) < 4.78 is 37.8. The molecular weight excluding hydrogens is 552 g/mol. The maximum Gasteiger partial charge on any atom is 0.317 e. The monoisotopic (exact) mass is 578 g/mol. The Morgan fingerprint density at radius 2 is 1.71 bits per heavy atom. The lowest BCUT2D eigenvalue weighted by Gasteiger charge is -2.40. The van der Waals surface area contributed by atoms with Crippen LogP contribution in [0.5, 0.6) is 34.5 Å². The van der Waals surface area contributed by atoms with Crippen molar-refractivity contribution in [2.24, 2.45) is 0 Å². The lowest BCUT2D eigenvalue weighted by molar-refractivity contribution is -0.278. The van der Waals surface area contributed by atoms with E-state index in [4.69, 9.17) is 38.3 Å². The zero-order chi connectivity index (χ0) is 29.4. The van der Waals surface area contributed by atoms with Crippen molar-refractivity contribution in [2.75, 3.05) is 27.1 Å². The van der Waals surface area contributed by atoms with E-state index in [-0.39, 0.29) is 30.5 Å². The number of hydrogen-bond donors (Lipinski definition) is 5. The number of benzene rings is 2. The lowest BCUT2D eigenvalue weighted by atomic mass is 9.87. The molecule has 3 aliphatic heterocycles. The Bertz CT molecular complexity index is 1360. The third-order valence-electron chi connectivity index (χ3n) is 6.75. The van der Waals surface area contributed by atoms with Crippen LogP contribution in [0.15, 0.2) is 24.3 Å². The number of ether oxygens (including phenoxy) is 7. The van der Waals surface area contributed by atoms with Gasteiger partial charge in [-0.1, -0.05) is 0 Å². The molecule has 5 rings (SSSR count). The molecule has 1 saturated heterocycles. The Morgan fingerprint density at radius 3 is 2.41 bits per heavy atom. The van der Waals surface area contributed by atoms with Gasteiger partial charge in [0.1, 0.15) is 72.6 Å². The molecule has 0 amide bonds. The normalized spacial score (nSPS) is 26.5. The number of carboxylic acid groups (broad SMARTS) is 1. The minimum atomic E-state index is -1.79. The van der Waals surface area contributed by atoms with E-state index in [1.165, 1.54) is 13.2 Å². The molecule has 0 spiro atoms. The fraction of sp³-hybridized carbons (Fsp3) is 0.423. The van der Waals surface area contributed by atoms with Gasteiger partial charge in [-0.2, -0.15) is 0 Å². The third kappa shape index (κ3) is 5.52. The maximum atomic E-state index is 13.5. The molecule has 3 heterocycles. The van der Waals surface area contributed by atoms with Crippen molar-refractivity contribution in [1.82, 2.24) is 0 Å².